The molecular formula is C23H26N2O6S. The zero-order valence-corrected chi connectivity index (χ0v) is 19.1. The molecule has 3 aromatic rings. The molecule has 1 aliphatic heterocycles. The van der Waals surface area contributed by atoms with Crippen molar-refractivity contribution in [2.75, 3.05) is 46.0 Å². The first-order valence-electron chi connectivity index (χ1n) is 10.3. The molecule has 1 aliphatic rings. The van der Waals surface area contributed by atoms with Crippen LogP contribution < -0.4 is 23.8 Å². The van der Waals surface area contributed by atoms with Crippen LogP contribution in [0, 0.1) is 0 Å². The first-order valence-corrected chi connectivity index (χ1v) is 11.1. The molecule has 9 heteroatoms. The molecule has 1 fully saturated rings. The average Bonchev–Trinajstić information content (AvgIpc) is 3.50. The van der Waals surface area contributed by atoms with Gasteiger partial charge < -0.3 is 23.7 Å². The second-order valence-electron chi connectivity index (χ2n) is 7.25. The lowest BCUT2D eigenvalue weighted by atomic mass is 10.2. The summed E-state index contributed by atoms with van der Waals surface area (Å²) >= 11 is 1.38. The number of fused-ring (bicyclic) bond motifs is 1. The molecule has 1 saturated heterocycles. The fraction of sp³-hybridized carbons (Fsp3) is 0.391. The first-order chi connectivity index (χ1) is 15.6. The maximum atomic E-state index is 13.3. The monoisotopic (exact) mass is 458 g/mol. The van der Waals surface area contributed by atoms with E-state index in [4.69, 9.17) is 28.7 Å². The Labute approximate surface area is 190 Å². The third-order valence-corrected chi connectivity index (χ3v) is 6.34. The number of carbonyl (C=O) groups is 1. The number of carbonyl (C=O) groups excluding carboxylic acids is 1. The number of nitrogens with zero attached hydrogens (tertiary/aromatic N) is 2. The fourth-order valence-electron chi connectivity index (χ4n) is 3.58. The summed E-state index contributed by atoms with van der Waals surface area (Å²) in [5.41, 5.74) is 0.658. The van der Waals surface area contributed by atoms with Crippen molar-refractivity contribution < 1.29 is 28.5 Å². The van der Waals surface area contributed by atoms with Gasteiger partial charge in [0.25, 0.3) is 5.91 Å². The largest absolute Gasteiger partial charge is 0.497 e. The van der Waals surface area contributed by atoms with Crippen LogP contribution in [0.2, 0.25) is 0 Å². The van der Waals surface area contributed by atoms with Gasteiger partial charge in [-0.2, -0.15) is 0 Å². The van der Waals surface area contributed by atoms with Gasteiger partial charge >= 0.3 is 0 Å². The Morgan fingerprint density at radius 2 is 1.91 bits per heavy atom. The van der Waals surface area contributed by atoms with Crippen LogP contribution in [0.4, 0.5) is 5.13 Å². The Hall–Kier alpha value is -3.04. The third kappa shape index (κ3) is 4.73. The molecule has 0 radical (unpaired) electrons. The summed E-state index contributed by atoms with van der Waals surface area (Å²) in [6.45, 7) is 0.976. The second-order valence-corrected chi connectivity index (χ2v) is 8.23. The number of hydrogen-bond donors (Lipinski definition) is 0. The topological polar surface area (TPSA) is 79.4 Å². The van der Waals surface area contributed by atoms with Crippen molar-refractivity contribution in [1.82, 2.24) is 4.98 Å². The molecule has 8 nitrogen and oxygen atoms in total. The summed E-state index contributed by atoms with van der Waals surface area (Å²) in [4.78, 5) is 19.6. The number of anilines is 1. The van der Waals surface area contributed by atoms with Crippen molar-refractivity contribution in [1.29, 1.82) is 0 Å². The van der Waals surface area contributed by atoms with Crippen LogP contribution in [0.5, 0.6) is 23.0 Å². The van der Waals surface area contributed by atoms with Crippen molar-refractivity contribution in [3.05, 3.63) is 36.4 Å². The van der Waals surface area contributed by atoms with E-state index in [0.717, 1.165) is 17.5 Å². The Balaban J connectivity index is 1.61. The standard InChI is InChI=1S/C23H26N2O6S/c1-27-15-6-4-7-16(12-15)31-14-20(26)25(13-17-8-5-11-30-17)23-24-21-18(28-2)9-10-19(29-3)22(21)32-23/h4,6-7,9-10,12,17H,5,8,11,13-14H2,1-3H3. The van der Waals surface area contributed by atoms with E-state index >= 15 is 0 Å². The van der Waals surface area contributed by atoms with E-state index in [9.17, 15) is 4.79 Å². The predicted molar refractivity (Wildman–Crippen MR) is 123 cm³/mol. The molecule has 0 spiro atoms. The van der Waals surface area contributed by atoms with Crippen LogP contribution in [0.25, 0.3) is 10.2 Å². The van der Waals surface area contributed by atoms with Gasteiger partial charge in [0.15, 0.2) is 11.7 Å². The van der Waals surface area contributed by atoms with Crippen molar-refractivity contribution in [3.63, 3.8) is 0 Å². The number of methoxy groups -OCH3 is 3. The van der Waals surface area contributed by atoms with E-state index in [2.05, 4.69) is 0 Å². The van der Waals surface area contributed by atoms with E-state index in [1.54, 1.807) is 38.4 Å². The minimum atomic E-state index is -0.208. The summed E-state index contributed by atoms with van der Waals surface area (Å²) in [5.74, 6) is 2.32. The first kappa shape index (κ1) is 22.2. The molecule has 1 unspecified atom stereocenters. The lowest BCUT2D eigenvalue weighted by molar-refractivity contribution is -0.120. The van der Waals surface area contributed by atoms with Gasteiger partial charge in [0.2, 0.25) is 0 Å². The second kappa shape index (κ2) is 10.1. The summed E-state index contributed by atoms with van der Waals surface area (Å²) in [7, 11) is 4.79. The molecule has 32 heavy (non-hydrogen) atoms. The Bertz CT molecular complexity index is 1040. The van der Waals surface area contributed by atoms with E-state index in [0.29, 0.717) is 46.8 Å². The Morgan fingerprint density at radius 3 is 2.62 bits per heavy atom. The summed E-state index contributed by atoms with van der Waals surface area (Å²) < 4.78 is 28.5. The van der Waals surface area contributed by atoms with Gasteiger partial charge in [-0.15, -0.1) is 0 Å². The van der Waals surface area contributed by atoms with Gasteiger partial charge in [-0.25, -0.2) is 4.98 Å². The van der Waals surface area contributed by atoms with Crippen LogP contribution in [0.3, 0.4) is 0 Å². The van der Waals surface area contributed by atoms with Crippen LogP contribution in [0.1, 0.15) is 12.8 Å². The molecule has 2 heterocycles. The maximum Gasteiger partial charge on any atom is 0.266 e. The predicted octanol–water partition coefficient (Wildman–Crippen LogP) is 3.91. The van der Waals surface area contributed by atoms with E-state index in [1.807, 2.05) is 24.3 Å². The third-order valence-electron chi connectivity index (χ3n) is 5.24. The van der Waals surface area contributed by atoms with Crippen LogP contribution in [0.15, 0.2) is 36.4 Å². The van der Waals surface area contributed by atoms with Gasteiger partial charge in [-0.3, -0.25) is 9.69 Å². The Morgan fingerprint density at radius 1 is 1.12 bits per heavy atom. The van der Waals surface area contributed by atoms with Crippen LogP contribution >= 0.6 is 11.3 Å². The van der Waals surface area contributed by atoms with Crippen molar-refractivity contribution in [3.8, 4) is 23.0 Å². The van der Waals surface area contributed by atoms with Gasteiger partial charge in [0.1, 0.15) is 33.2 Å². The fourth-order valence-corrected chi connectivity index (χ4v) is 4.68. The summed E-state index contributed by atoms with van der Waals surface area (Å²) in [6, 6.07) is 10.8. The molecule has 0 N–H and O–H groups in total. The molecule has 1 atom stereocenters. The van der Waals surface area contributed by atoms with Gasteiger partial charge in [0, 0.05) is 12.7 Å². The number of aromatic nitrogens is 1. The number of rotatable bonds is 9. The quantitative estimate of drug-likeness (QED) is 0.481. The highest BCUT2D eigenvalue weighted by Crippen LogP contribution is 2.40. The Kier molecular flexibility index (Phi) is 6.96. The highest BCUT2D eigenvalue weighted by molar-refractivity contribution is 7.22. The van der Waals surface area contributed by atoms with E-state index in [-0.39, 0.29) is 18.6 Å². The normalized spacial score (nSPS) is 15.5. The lowest BCUT2D eigenvalue weighted by Crippen LogP contribution is -2.40. The van der Waals surface area contributed by atoms with Gasteiger partial charge in [0.05, 0.1) is 34.0 Å². The highest BCUT2D eigenvalue weighted by atomic mass is 32.1. The van der Waals surface area contributed by atoms with Crippen molar-refractivity contribution in [2.45, 2.75) is 18.9 Å². The van der Waals surface area contributed by atoms with E-state index < -0.39 is 0 Å². The maximum absolute atomic E-state index is 13.3. The SMILES string of the molecule is COc1cccc(OCC(=O)N(CC2CCCO2)c2nc3c(OC)ccc(OC)c3s2)c1. The molecule has 0 saturated carbocycles. The number of thiazole rings is 1. The minimum absolute atomic E-state index is 0.0356. The number of amides is 1. The summed E-state index contributed by atoms with van der Waals surface area (Å²) in [5, 5.41) is 0.553. The molecule has 1 aromatic heterocycles. The smallest absolute Gasteiger partial charge is 0.266 e. The summed E-state index contributed by atoms with van der Waals surface area (Å²) in [6.07, 6.45) is 1.85. The van der Waals surface area contributed by atoms with E-state index in [1.165, 1.54) is 11.3 Å². The molecule has 1 amide bonds. The van der Waals surface area contributed by atoms with Crippen LogP contribution in [-0.4, -0.2) is 58.1 Å². The van der Waals surface area contributed by atoms with Gasteiger partial charge in [-0.05, 0) is 37.1 Å². The lowest BCUT2D eigenvalue weighted by Gasteiger charge is -2.23. The van der Waals surface area contributed by atoms with Crippen molar-refractivity contribution in [2.24, 2.45) is 0 Å². The van der Waals surface area contributed by atoms with Crippen molar-refractivity contribution >= 4 is 32.6 Å². The number of benzene rings is 2. The average molecular weight is 459 g/mol. The van der Waals surface area contributed by atoms with Gasteiger partial charge in [-0.1, -0.05) is 17.4 Å². The highest BCUT2D eigenvalue weighted by Gasteiger charge is 2.27. The number of ether oxygens (including phenoxy) is 5. The zero-order valence-electron chi connectivity index (χ0n) is 18.3. The minimum Gasteiger partial charge on any atom is -0.497 e. The number of hydrogen-bond acceptors (Lipinski definition) is 8. The van der Waals surface area contributed by atoms with Crippen LogP contribution in [-0.2, 0) is 9.53 Å². The molecular weight excluding hydrogens is 432 g/mol. The molecule has 2 aromatic carbocycles. The molecule has 4 rings (SSSR count). The molecule has 170 valence electrons. The molecule has 0 aliphatic carbocycles. The molecule has 0 bridgehead atoms. The zero-order chi connectivity index (χ0) is 22.5.